The number of hydrogen-bond donors (Lipinski definition) is 1. The van der Waals surface area contributed by atoms with Gasteiger partial charge in [-0.25, -0.2) is 0 Å². The number of nitrogens with zero attached hydrogens (tertiary/aromatic N) is 2. The summed E-state index contributed by atoms with van der Waals surface area (Å²) in [6.45, 7) is 30.4. The van der Waals surface area contributed by atoms with Crippen molar-refractivity contribution in [2.75, 3.05) is 32.7 Å². The first-order valence-electron chi connectivity index (χ1n) is 20.9. The first kappa shape index (κ1) is 37.4. The predicted molar refractivity (Wildman–Crippen MR) is 201 cm³/mol. The Morgan fingerprint density at radius 1 is 0.784 bits per heavy atom. The van der Waals surface area contributed by atoms with Crippen LogP contribution < -0.4 is 0 Å². The number of carbonyl (C=O) groups is 3. The molecule has 0 spiro atoms. The van der Waals surface area contributed by atoms with Gasteiger partial charge in [-0.3, -0.25) is 14.4 Å². The Morgan fingerprint density at radius 2 is 1.47 bits per heavy atom. The van der Waals surface area contributed by atoms with Crippen LogP contribution in [0.2, 0.25) is 0 Å². The zero-order valence-electron chi connectivity index (χ0n) is 33.6. The van der Waals surface area contributed by atoms with Crippen molar-refractivity contribution in [1.29, 1.82) is 0 Å². The molecule has 0 aromatic heterocycles. The molecule has 6 saturated carbocycles. The summed E-state index contributed by atoms with van der Waals surface area (Å²) in [5.74, 6) is 1.37. The molecule has 7 fully saturated rings. The lowest BCUT2D eigenvalue weighted by molar-refractivity contribution is -0.250. The van der Waals surface area contributed by atoms with Gasteiger partial charge < -0.3 is 19.6 Å². The van der Waals surface area contributed by atoms with Gasteiger partial charge >= 0.3 is 11.9 Å². The fraction of sp³-hybridized carbons (Fsp3) is 0.886. The van der Waals surface area contributed by atoms with E-state index in [1.54, 1.807) is 0 Å². The smallest absolute Gasteiger partial charge is 0.310 e. The lowest BCUT2D eigenvalue weighted by Crippen LogP contribution is -2.67. The standard InChI is InChI=1S/C44H70N2O5/c1-11-45-22-24-46(25-23-45)38(50)44-19-14-28(27(2)3)35(44)29-12-13-32-41(8)17-16-33(51-37(49)36-30(26-34(47)48)39(36,4)5)40(6,7)31(41)15-18-43(32,10)42(29,9)20-21-44/h28-33,35-36H,2,11-26H2,1,3-10H3,(H,47,48)/t28-,29+,30+,31-,32+,33-,35+,36+,41-,42+,43+,44-/m0/s1. The Morgan fingerprint density at radius 3 is 2.10 bits per heavy atom. The molecule has 1 saturated heterocycles. The summed E-state index contributed by atoms with van der Waals surface area (Å²) in [4.78, 5) is 44.7. The summed E-state index contributed by atoms with van der Waals surface area (Å²) in [5, 5.41) is 9.44. The first-order chi connectivity index (χ1) is 23.8. The highest BCUT2D eigenvalue weighted by molar-refractivity contribution is 5.84. The number of carboxylic acid groups (broad SMARTS) is 1. The Bertz CT molecular complexity index is 1450. The number of aliphatic carboxylic acids is 1. The zero-order valence-corrected chi connectivity index (χ0v) is 33.6. The summed E-state index contributed by atoms with van der Waals surface area (Å²) in [6.07, 6.45) is 10.9. The van der Waals surface area contributed by atoms with Gasteiger partial charge in [0, 0.05) is 38.0 Å². The maximum Gasteiger partial charge on any atom is 0.310 e. The van der Waals surface area contributed by atoms with Crippen LogP contribution in [0.4, 0.5) is 0 Å². The molecule has 7 nitrogen and oxygen atoms in total. The van der Waals surface area contributed by atoms with Crippen LogP contribution in [0.3, 0.4) is 0 Å². The molecule has 1 amide bonds. The average Bonchev–Trinajstić information content (AvgIpc) is 3.38. The third-order valence-corrected chi connectivity index (χ3v) is 18.5. The molecule has 6 aliphatic carbocycles. The van der Waals surface area contributed by atoms with Crippen LogP contribution in [0.25, 0.3) is 0 Å². The van der Waals surface area contributed by atoms with E-state index in [1.165, 1.54) is 24.8 Å². The Hall–Kier alpha value is -1.89. The predicted octanol–water partition coefficient (Wildman–Crippen LogP) is 8.47. The van der Waals surface area contributed by atoms with E-state index in [4.69, 9.17) is 4.74 Å². The number of piperazine rings is 1. The topological polar surface area (TPSA) is 87.2 Å². The molecule has 51 heavy (non-hydrogen) atoms. The molecule has 7 rings (SSSR count). The van der Waals surface area contributed by atoms with Gasteiger partial charge in [0.15, 0.2) is 0 Å². The number of carbonyl (C=O) groups excluding carboxylic acids is 2. The van der Waals surface area contributed by atoms with Gasteiger partial charge in [0.25, 0.3) is 0 Å². The highest BCUT2D eigenvalue weighted by atomic mass is 16.5. The summed E-state index contributed by atoms with van der Waals surface area (Å²) in [6, 6.07) is 0. The first-order valence-corrected chi connectivity index (χ1v) is 20.9. The Labute approximate surface area is 309 Å². The molecule has 7 aliphatic rings. The van der Waals surface area contributed by atoms with Gasteiger partial charge in [0.2, 0.25) is 5.91 Å². The molecule has 0 bridgehead atoms. The van der Waals surface area contributed by atoms with Crippen molar-refractivity contribution in [2.24, 2.45) is 73.9 Å². The normalized spacial score (nSPS) is 46.9. The molecule has 1 heterocycles. The highest BCUT2D eigenvalue weighted by Crippen LogP contribution is 2.78. The van der Waals surface area contributed by atoms with Gasteiger partial charge in [-0.05, 0) is 135 Å². The molecule has 0 unspecified atom stereocenters. The van der Waals surface area contributed by atoms with Crippen LogP contribution in [-0.2, 0) is 19.1 Å². The number of fused-ring (bicyclic) bond motifs is 7. The third-order valence-electron chi connectivity index (χ3n) is 18.5. The largest absolute Gasteiger partial charge is 0.481 e. The van der Waals surface area contributed by atoms with Crippen LogP contribution in [0.1, 0.15) is 133 Å². The van der Waals surface area contributed by atoms with Crippen LogP contribution in [0.15, 0.2) is 12.2 Å². The van der Waals surface area contributed by atoms with E-state index in [0.29, 0.717) is 35.5 Å². The number of rotatable bonds is 7. The highest BCUT2D eigenvalue weighted by Gasteiger charge is 2.72. The summed E-state index contributed by atoms with van der Waals surface area (Å²) in [5.41, 5.74) is 1.08. The number of ether oxygens (including phenoxy) is 1. The number of carboxylic acids is 1. The number of amides is 1. The third kappa shape index (κ3) is 5.29. The summed E-state index contributed by atoms with van der Waals surface area (Å²) >= 11 is 0. The SMILES string of the molecule is C=C(C)[C@@H]1CC[C@]2(C(=O)N3CCN(CC)CC3)CC[C@]3(C)[C@H](CC[C@@H]4[C@@]5(C)CC[C@H](OC(=O)[C@H]6[C@@H](CC(=O)O)C6(C)C)C(C)(C)[C@@H]5CC[C@]43C)[C@@H]12. The fourth-order valence-electron chi connectivity index (χ4n) is 15.3. The molecule has 286 valence electrons. The van der Waals surface area contributed by atoms with Crippen molar-refractivity contribution in [1.82, 2.24) is 9.80 Å². The van der Waals surface area contributed by atoms with Crippen molar-refractivity contribution in [2.45, 2.75) is 139 Å². The zero-order chi connectivity index (χ0) is 37.1. The van der Waals surface area contributed by atoms with E-state index in [0.717, 1.165) is 77.7 Å². The molecular formula is C44H70N2O5. The molecule has 7 heteroatoms. The number of allylic oxidation sites excluding steroid dienone is 1. The van der Waals surface area contributed by atoms with Crippen molar-refractivity contribution >= 4 is 17.8 Å². The van der Waals surface area contributed by atoms with E-state index >= 15 is 0 Å². The maximum atomic E-state index is 14.8. The van der Waals surface area contributed by atoms with Gasteiger partial charge in [-0.2, -0.15) is 0 Å². The van der Waals surface area contributed by atoms with Crippen LogP contribution in [0, 0.1) is 73.9 Å². The quantitative estimate of drug-likeness (QED) is 0.211. The van der Waals surface area contributed by atoms with E-state index in [-0.39, 0.29) is 62.8 Å². The second kappa shape index (κ2) is 12.3. The minimum Gasteiger partial charge on any atom is -0.481 e. The number of likely N-dealkylation sites (N-methyl/N-ethyl adjacent to an activating group) is 1. The summed E-state index contributed by atoms with van der Waals surface area (Å²) in [7, 11) is 0. The van der Waals surface area contributed by atoms with Crippen LogP contribution in [-0.4, -0.2) is 71.6 Å². The fourth-order valence-corrected chi connectivity index (χ4v) is 15.3. The molecule has 0 aromatic rings. The minimum atomic E-state index is -0.838. The molecular weight excluding hydrogens is 636 g/mol. The van der Waals surface area contributed by atoms with Crippen molar-refractivity contribution in [3.63, 3.8) is 0 Å². The monoisotopic (exact) mass is 707 g/mol. The van der Waals surface area contributed by atoms with Crippen LogP contribution in [0.5, 0.6) is 0 Å². The van der Waals surface area contributed by atoms with E-state index in [1.807, 2.05) is 13.8 Å². The Balaban J connectivity index is 1.13. The maximum absolute atomic E-state index is 14.8. The van der Waals surface area contributed by atoms with Crippen LogP contribution >= 0.6 is 0 Å². The summed E-state index contributed by atoms with van der Waals surface area (Å²) < 4.78 is 6.44. The van der Waals surface area contributed by atoms with Gasteiger partial charge in [0.05, 0.1) is 11.3 Å². The van der Waals surface area contributed by atoms with E-state index in [9.17, 15) is 19.5 Å². The second-order valence-electron chi connectivity index (χ2n) is 20.9. The Kier molecular flexibility index (Phi) is 9.04. The van der Waals surface area contributed by atoms with Gasteiger partial charge in [-0.15, -0.1) is 0 Å². The van der Waals surface area contributed by atoms with Crippen molar-refractivity contribution < 1.29 is 24.2 Å². The van der Waals surface area contributed by atoms with Crippen molar-refractivity contribution in [3.05, 3.63) is 12.2 Å². The van der Waals surface area contributed by atoms with Gasteiger partial charge in [-0.1, -0.05) is 67.5 Å². The van der Waals surface area contributed by atoms with Gasteiger partial charge in [0.1, 0.15) is 6.10 Å². The van der Waals surface area contributed by atoms with Crippen molar-refractivity contribution in [3.8, 4) is 0 Å². The minimum absolute atomic E-state index is 0.0285. The van der Waals surface area contributed by atoms with E-state index in [2.05, 4.69) is 64.8 Å². The molecule has 0 radical (unpaired) electrons. The molecule has 0 aromatic carbocycles. The lowest BCUT2D eigenvalue weighted by Gasteiger charge is -2.73. The lowest BCUT2D eigenvalue weighted by atomic mass is 9.32. The average molecular weight is 707 g/mol. The van der Waals surface area contributed by atoms with E-state index < -0.39 is 5.97 Å². The molecule has 1 N–H and O–H groups in total. The number of hydrogen-bond acceptors (Lipinski definition) is 5. The molecule has 1 aliphatic heterocycles. The second-order valence-corrected chi connectivity index (χ2v) is 20.9. The number of esters is 1. The molecule has 12 atom stereocenters.